The van der Waals surface area contributed by atoms with Gasteiger partial charge in [-0.05, 0) is 32.4 Å². The Morgan fingerprint density at radius 3 is 2.54 bits per heavy atom. The van der Waals surface area contributed by atoms with Crippen molar-refractivity contribution in [2.24, 2.45) is 0 Å². The zero-order valence-corrected chi connectivity index (χ0v) is 8.58. The third-order valence-corrected chi connectivity index (χ3v) is 2.62. The van der Waals surface area contributed by atoms with E-state index < -0.39 is 0 Å². The van der Waals surface area contributed by atoms with Gasteiger partial charge in [-0.25, -0.2) is 0 Å². The molecule has 0 N–H and O–H groups in total. The Kier molecular flexibility index (Phi) is 4.22. The van der Waals surface area contributed by atoms with Crippen LogP contribution >= 0.6 is 0 Å². The first-order chi connectivity index (χ1) is 6.29. The normalized spacial score (nSPS) is 20.2. The number of rotatable bonds is 4. The molecule has 0 amide bonds. The van der Waals surface area contributed by atoms with E-state index in [4.69, 9.17) is 4.74 Å². The SMILES string of the molecule is CCC[C@@H](C(=O)OC)N1CCCC1. The van der Waals surface area contributed by atoms with E-state index in [9.17, 15) is 4.79 Å². The molecule has 0 bridgehead atoms. The van der Waals surface area contributed by atoms with Crippen LogP contribution in [0.3, 0.4) is 0 Å². The van der Waals surface area contributed by atoms with Crippen molar-refractivity contribution in [3.8, 4) is 0 Å². The third-order valence-electron chi connectivity index (χ3n) is 2.62. The molecular formula is C10H19NO2. The predicted octanol–water partition coefficient (Wildman–Crippen LogP) is 1.42. The van der Waals surface area contributed by atoms with E-state index in [2.05, 4.69) is 11.8 Å². The van der Waals surface area contributed by atoms with Crippen LogP contribution in [0.5, 0.6) is 0 Å². The summed E-state index contributed by atoms with van der Waals surface area (Å²) in [5.41, 5.74) is 0. The summed E-state index contributed by atoms with van der Waals surface area (Å²) in [7, 11) is 1.47. The van der Waals surface area contributed by atoms with Gasteiger partial charge in [0.1, 0.15) is 6.04 Å². The number of hydrogen-bond acceptors (Lipinski definition) is 3. The van der Waals surface area contributed by atoms with E-state index in [0.29, 0.717) is 0 Å². The lowest BCUT2D eigenvalue weighted by atomic mass is 10.1. The van der Waals surface area contributed by atoms with Gasteiger partial charge in [-0.15, -0.1) is 0 Å². The lowest BCUT2D eigenvalue weighted by Crippen LogP contribution is -2.39. The van der Waals surface area contributed by atoms with Crippen molar-refractivity contribution in [2.45, 2.75) is 38.6 Å². The summed E-state index contributed by atoms with van der Waals surface area (Å²) in [5.74, 6) is -0.0660. The summed E-state index contributed by atoms with van der Waals surface area (Å²) in [6.07, 6.45) is 4.40. The second-order valence-corrected chi connectivity index (χ2v) is 3.57. The molecule has 1 fully saturated rings. The van der Waals surface area contributed by atoms with Gasteiger partial charge < -0.3 is 4.74 Å². The molecule has 0 aromatic heterocycles. The lowest BCUT2D eigenvalue weighted by molar-refractivity contribution is -0.146. The molecular weight excluding hydrogens is 166 g/mol. The molecule has 1 saturated heterocycles. The highest BCUT2D eigenvalue weighted by atomic mass is 16.5. The summed E-state index contributed by atoms with van der Waals surface area (Å²) in [4.78, 5) is 13.7. The van der Waals surface area contributed by atoms with Crippen molar-refractivity contribution in [3.63, 3.8) is 0 Å². The van der Waals surface area contributed by atoms with Crippen LogP contribution in [-0.2, 0) is 9.53 Å². The van der Waals surface area contributed by atoms with Crippen LogP contribution < -0.4 is 0 Å². The van der Waals surface area contributed by atoms with Gasteiger partial charge in [0.2, 0.25) is 0 Å². The summed E-state index contributed by atoms with van der Waals surface area (Å²) >= 11 is 0. The molecule has 0 unspecified atom stereocenters. The maximum atomic E-state index is 11.4. The molecule has 1 aliphatic heterocycles. The molecule has 0 aliphatic carbocycles. The predicted molar refractivity (Wildman–Crippen MR) is 51.5 cm³/mol. The third kappa shape index (κ3) is 2.69. The highest BCUT2D eigenvalue weighted by molar-refractivity contribution is 5.75. The van der Waals surface area contributed by atoms with Gasteiger partial charge in [-0.1, -0.05) is 13.3 Å². The first-order valence-corrected chi connectivity index (χ1v) is 5.11. The topological polar surface area (TPSA) is 29.5 Å². The maximum Gasteiger partial charge on any atom is 0.323 e. The van der Waals surface area contributed by atoms with Crippen LogP contribution in [0.1, 0.15) is 32.6 Å². The minimum atomic E-state index is -0.0660. The van der Waals surface area contributed by atoms with Crippen molar-refractivity contribution >= 4 is 5.97 Å². The molecule has 1 heterocycles. The zero-order chi connectivity index (χ0) is 9.68. The van der Waals surface area contributed by atoms with E-state index in [0.717, 1.165) is 25.9 Å². The number of carbonyl (C=O) groups excluding carboxylic acids is 1. The number of likely N-dealkylation sites (tertiary alicyclic amines) is 1. The molecule has 3 nitrogen and oxygen atoms in total. The van der Waals surface area contributed by atoms with Gasteiger partial charge in [0.05, 0.1) is 7.11 Å². The van der Waals surface area contributed by atoms with Crippen LogP contribution in [0, 0.1) is 0 Å². The lowest BCUT2D eigenvalue weighted by Gasteiger charge is -2.24. The van der Waals surface area contributed by atoms with Crippen molar-refractivity contribution in [2.75, 3.05) is 20.2 Å². The van der Waals surface area contributed by atoms with E-state index >= 15 is 0 Å². The molecule has 0 aromatic rings. The molecule has 0 spiro atoms. The Bertz CT molecular complexity index is 164. The largest absolute Gasteiger partial charge is 0.468 e. The maximum absolute atomic E-state index is 11.4. The number of hydrogen-bond donors (Lipinski definition) is 0. The van der Waals surface area contributed by atoms with Gasteiger partial charge in [-0.3, -0.25) is 9.69 Å². The Balaban J connectivity index is 2.49. The second kappa shape index (κ2) is 5.22. The van der Waals surface area contributed by atoms with Crippen molar-refractivity contribution in [1.29, 1.82) is 0 Å². The fraction of sp³-hybridized carbons (Fsp3) is 0.900. The number of ether oxygens (including phenoxy) is 1. The molecule has 0 radical (unpaired) electrons. The zero-order valence-electron chi connectivity index (χ0n) is 8.58. The van der Waals surface area contributed by atoms with Gasteiger partial charge in [-0.2, -0.15) is 0 Å². The molecule has 0 saturated carbocycles. The van der Waals surface area contributed by atoms with Gasteiger partial charge in [0.15, 0.2) is 0 Å². The smallest absolute Gasteiger partial charge is 0.323 e. The fourth-order valence-electron chi connectivity index (χ4n) is 1.91. The highest BCUT2D eigenvalue weighted by Crippen LogP contribution is 2.16. The minimum absolute atomic E-state index is 0.0116. The van der Waals surface area contributed by atoms with Crippen molar-refractivity contribution in [1.82, 2.24) is 4.90 Å². The van der Waals surface area contributed by atoms with Crippen LogP contribution in [0.15, 0.2) is 0 Å². The average molecular weight is 185 g/mol. The molecule has 0 aromatic carbocycles. The summed E-state index contributed by atoms with van der Waals surface area (Å²) in [6, 6.07) is 0.0116. The highest BCUT2D eigenvalue weighted by Gasteiger charge is 2.27. The van der Waals surface area contributed by atoms with Crippen LogP contribution in [0.25, 0.3) is 0 Å². The minimum Gasteiger partial charge on any atom is -0.468 e. The van der Waals surface area contributed by atoms with Crippen LogP contribution in [-0.4, -0.2) is 37.1 Å². The van der Waals surface area contributed by atoms with Gasteiger partial charge in [0.25, 0.3) is 0 Å². The Morgan fingerprint density at radius 1 is 1.46 bits per heavy atom. The Labute approximate surface area is 80.1 Å². The molecule has 76 valence electrons. The van der Waals surface area contributed by atoms with Crippen LogP contribution in [0.2, 0.25) is 0 Å². The molecule has 1 aliphatic rings. The second-order valence-electron chi connectivity index (χ2n) is 3.57. The van der Waals surface area contributed by atoms with Gasteiger partial charge in [0, 0.05) is 0 Å². The first kappa shape index (κ1) is 10.5. The molecule has 3 heteroatoms. The van der Waals surface area contributed by atoms with E-state index in [1.54, 1.807) is 0 Å². The Morgan fingerprint density at radius 2 is 2.08 bits per heavy atom. The van der Waals surface area contributed by atoms with Crippen molar-refractivity contribution in [3.05, 3.63) is 0 Å². The molecule has 1 atom stereocenters. The van der Waals surface area contributed by atoms with E-state index in [1.807, 2.05) is 0 Å². The van der Waals surface area contributed by atoms with E-state index in [-0.39, 0.29) is 12.0 Å². The monoisotopic (exact) mass is 185 g/mol. The quantitative estimate of drug-likeness (QED) is 0.620. The van der Waals surface area contributed by atoms with Crippen LogP contribution in [0.4, 0.5) is 0 Å². The molecule has 1 rings (SSSR count). The summed E-state index contributed by atoms with van der Waals surface area (Å²) in [5, 5.41) is 0. The average Bonchev–Trinajstić information content (AvgIpc) is 2.65. The fourth-order valence-corrected chi connectivity index (χ4v) is 1.91. The number of esters is 1. The van der Waals surface area contributed by atoms with Crippen molar-refractivity contribution < 1.29 is 9.53 Å². The van der Waals surface area contributed by atoms with E-state index in [1.165, 1.54) is 20.0 Å². The first-order valence-electron chi connectivity index (χ1n) is 5.11. The standard InChI is InChI=1S/C10H19NO2/c1-3-6-9(10(12)13-2)11-7-4-5-8-11/h9H,3-8H2,1-2H3/t9-/m0/s1. The summed E-state index contributed by atoms with van der Waals surface area (Å²) in [6.45, 7) is 4.21. The number of methoxy groups -OCH3 is 1. The number of nitrogens with zero attached hydrogens (tertiary/aromatic N) is 1. The summed E-state index contributed by atoms with van der Waals surface area (Å²) < 4.78 is 4.80. The van der Waals surface area contributed by atoms with Gasteiger partial charge >= 0.3 is 5.97 Å². The molecule has 13 heavy (non-hydrogen) atoms. The Hall–Kier alpha value is -0.570. The number of carbonyl (C=O) groups is 1.